The van der Waals surface area contributed by atoms with Crippen LogP contribution >= 0.6 is 0 Å². The Morgan fingerprint density at radius 2 is 1.71 bits per heavy atom. The van der Waals surface area contributed by atoms with E-state index in [-0.39, 0.29) is 17.9 Å². The number of nitrogens with one attached hydrogen (secondary N) is 1. The second kappa shape index (κ2) is 10.4. The molecule has 2 aromatic carbocycles. The Morgan fingerprint density at radius 1 is 1.06 bits per heavy atom. The number of anilines is 1. The molecule has 1 aliphatic heterocycles. The van der Waals surface area contributed by atoms with Crippen molar-refractivity contribution in [3.8, 4) is 5.75 Å². The number of halogens is 3. The first-order valence-electron chi connectivity index (χ1n) is 11.5. The molecule has 1 fully saturated rings. The van der Waals surface area contributed by atoms with Crippen LogP contribution in [-0.2, 0) is 17.6 Å². The zero-order valence-electron chi connectivity index (χ0n) is 19.5. The summed E-state index contributed by atoms with van der Waals surface area (Å²) in [7, 11) is 0. The van der Waals surface area contributed by atoms with E-state index in [2.05, 4.69) is 10.2 Å². The number of hydrogen-bond donors (Lipinski definition) is 1. The number of carbonyl (C=O) groups is 1. The highest BCUT2D eigenvalue weighted by molar-refractivity contribution is 7.81. The van der Waals surface area contributed by atoms with Gasteiger partial charge in [-0.1, -0.05) is 30.5 Å². The Balaban J connectivity index is 1.79. The average molecular weight is 509 g/mol. The minimum absolute atomic E-state index is 0.178. The maximum Gasteiger partial charge on any atom is 0.508 e. The van der Waals surface area contributed by atoms with Crippen LogP contribution in [0.25, 0.3) is 11.0 Å². The Morgan fingerprint density at radius 3 is 2.34 bits per heavy atom. The molecule has 1 atom stereocenters. The van der Waals surface area contributed by atoms with Gasteiger partial charge in [0.15, 0.2) is 0 Å². The molecule has 1 aliphatic rings. The number of nitrogens with zero attached hydrogens (tertiary/aromatic N) is 1. The molecule has 1 aromatic heterocycles. The van der Waals surface area contributed by atoms with Crippen molar-refractivity contribution in [2.75, 3.05) is 18.4 Å². The van der Waals surface area contributed by atoms with Gasteiger partial charge in [-0.15, -0.1) is 0 Å². The predicted molar refractivity (Wildman–Crippen MR) is 129 cm³/mol. The quantitative estimate of drug-likeness (QED) is 0.427. The Hall–Kier alpha value is -2.85. The molecule has 4 rings (SSSR count). The van der Waals surface area contributed by atoms with Crippen molar-refractivity contribution >= 4 is 33.6 Å². The van der Waals surface area contributed by atoms with E-state index in [1.54, 1.807) is 19.1 Å². The third-order valence-electron chi connectivity index (χ3n) is 6.07. The molecule has 10 heteroatoms. The van der Waals surface area contributed by atoms with Gasteiger partial charge in [0.2, 0.25) is 0 Å². The van der Waals surface area contributed by atoms with Crippen LogP contribution in [0.15, 0.2) is 40.8 Å². The fourth-order valence-corrected chi connectivity index (χ4v) is 4.76. The molecule has 1 N–H and O–H groups in total. The lowest BCUT2D eigenvalue weighted by atomic mass is 10.0. The van der Waals surface area contributed by atoms with E-state index >= 15 is 0 Å². The van der Waals surface area contributed by atoms with Gasteiger partial charge in [0.05, 0.1) is 5.56 Å². The van der Waals surface area contributed by atoms with Crippen molar-refractivity contribution in [1.82, 2.24) is 4.90 Å². The number of fused-ring (bicyclic) bond motifs is 1. The van der Waals surface area contributed by atoms with E-state index in [0.717, 1.165) is 44.3 Å². The SMILES string of the molecule is Cc1ccc(NC(=O)c2c(C)oc3ccc(OS(=O)C(F)(F)F)c(CN4CCCCCC4)c23)cc1. The van der Waals surface area contributed by atoms with Crippen LogP contribution in [0.5, 0.6) is 5.75 Å². The number of alkyl halides is 3. The standard InChI is InChI=1S/C25H27F3N2O4S/c1-16-7-9-18(10-8-16)29-24(31)22-17(2)33-21-12-11-20(34-35(32)25(26,27)28)19(23(21)22)15-30-13-5-3-4-6-14-30/h7-12H,3-6,13-15H2,1-2H3,(H,29,31). The summed E-state index contributed by atoms with van der Waals surface area (Å²) in [5.41, 5.74) is -2.50. The summed E-state index contributed by atoms with van der Waals surface area (Å²) in [6, 6.07) is 10.0. The second-order valence-corrected chi connectivity index (χ2v) is 9.82. The van der Waals surface area contributed by atoms with Crippen LogP contribution in [0.3, 0.4) is 0 Å². The van der Waals surface area contributed by atoms with E-state index in [1.165, 1.54) is 12.1 Å². The lowest BCUT2D eigenvalue weighted by molar-refractivity contribution is -0.0437. The molecule has 0 saturated carbocycles. The second-order valence-electron chi connectivity index (χ2n) is 8.72. The third kappa shape index (κ3) is 5.87. The third-order valence-corrected chi connectivity index (χ3v) is 6.78. The van der Waals surface area contributed by atoms with Gasteiger partial charge in [0.1, 0.15) is 17.1 Å². The van der Waals surface area contributed by atoms with E-state index in [0.29, 0.717) is 28.0 Å². The first-order valence-corrected chi connectivity index (χ1v) is 12.5. The summed E-state index contributed by atoms with van der Waals surface area (Å²) < 4.78 is 61.7. The van der Waals surface area contributed by atoms with E-state index in [1.807, 2.05) is 19.1 Å². The maximum atomic E-state index is 13.3. The molecule has 1 unspecified atom stereocenters. The number of likely N-dealkylation sites (tertiary alicyclic amines) is 1. The maximum absolute atomic E-state index is 13.3. The predicted octanol–water partition coefficient (Wildman–Crippen LogP) is 6.24. The number of aryl methyl sites for hydroxylation is 2. The van der Waals surface area contributed by atoms with Crippen LogP contribution < -0.4 is 9.50 Å². The number of amides is 1. The highest BCUT2D eigenvalue weighted by atomic mass is 32.2. The molecule has 3 aromatic rings. The Labute approximate surface area is 204 Å². The van der Waals surface area contributed by atoms with Crippen molar-refractivity contribution in [1.29, 1.82) is 0 Å². The van der Waals surface area contributed by atoms with Gasteiger partial charge < -0.3 is 13.9 Å². The van der Waals surface area contributed by atoms with Crippen molar-refractivity contribution in [2.24, 2.45) is 0 Å². The molecule has 1 amide bonds. The monoisotopic (exact) mass is 508 g/mol. The lowest BCUT2D eigenvalue weighted by Crippen LogP contribution is -2.26. The van der Waals surface area contributed by atoms with Crippen molar-refractivity contribution < 1.29 is 30.8 Å². The zero-order chi connectivity index (χ0) is 25.2. The van der Waals surface area contributed by atoms with Crippen LogP contribution in [0.1, 0.15) is 52.9 Å². The normalized spacial score (nSPS) is 16.1. The van der Waals surface area contributed by atoms with Gasteiger partial charge in [0.25, 0.3) is 5.91 Å². The molecular formula is C25H27F3N2O4S. The van der Waals surface area contributed by atoms with E-state index < -0.39 is 22.5 Å². The van der Waals surface area contributed by atoms with Gasteiger partial charge in [-0.05, 0) is 64.0 Å². The summed E-state index contributed by atoms with van der Waals surface area (Å²) in [6.45, 7) is 5.33. The fraction of sp³-hybridized carbons (Fsp3) is 0.400. The van der Waals surface area contributed by atoms with Gasteiger partial charge in [-0.3, -0.25) is 9.69 Å². The minimum Gasteiger partial charge on any atom is -0.460 e. The Kier molecular flexibility index (Phi) is 7.51. The molecule has 35 heavy (non-hydrogen) atoms. The largest absolute Gasteiger partial charge is 0.508 e. The number of carbonyl (C=O) groups excluding carboxylic acids is 1. The molecule has 6 nitrogen and oxygen atoms in total. The smallest absolute Gasteiger partial charge is 0.460 e. The molecule has 0 bridgehead atoms. The minimum atomic E-state index is -5.03. The summed E-state index contributed by atoms with van der Waals surface area (Å²) in [6.07, 6.45) is 4.09. The molecule has 0 radical (unpaired) electrons. The highest BCUT2D eigenvalue weighted by Crippen LogP contribution is 2.37. The topological polar surface area (TPSA) is 71.8 Å². The molecule has 0 aliphatic carbocycles. The first-order chi connectivity index (χ1) is 16.6. The van der Waals surface area contributed by atoms with Crippen molar-refractivity contribution in [3.63, 3.8) is 0 Å². The lowest BCUT2D eigenvalue weighted by Gasteiger charge is -2.22. The molecule has 188 valence electrons. The highest BCUT2D eigenvalue weighted by Gasteiger charge is 2.40. The fourth-order valence-electron chi connectivity index (χ4n) is 4.34. The van der Waals surface area contributed by atoms with Gasteiger partial charge in [-0.2, -0.15) is 13.2 Å². The molecular weight excluding hydrogens is 481 g/mol. The van der Waals surface area contributed by atoms with Gasteiger partial charge in [-0.25, -0.2) is 4.21 Å². The molecule has 1 saturated heterocycles. The van der Waals surface area contributed by atoms with Crippen molar-refractivity contribution in [2.45, 2.75) is 51.6 Å². The summed E-state index contributed by atoms with van der Waals surface area (Å²) >= 11 is -3.55. The van der Waals surface area contributed by atoms with Crippen LogP contribution in [-0.4, -0.2) is 33.6 Å². The molecule has 2 heterocycles. The van der Waals surface area contributed by atoms with Gasteiger partial charge >= 0.3 is 16.6 Å². The number of hydrogen-bond acceptors (Lipinski definition) is 5. The van der Waals surface area contributed by atoms with E-state index in [4.69, 9.17) is 8.60 Å². The zero-order valence-corrected chi connectivity index (χ0v) is 20.4. The van der Waals surface area contributed by atoms with E-state index in [9.17, 15) is 22.2 Å². The number of furan rings is 1. The van der Waals surface area contributed by atoms with Crippen LogP contribution in [0, 0.1) is 13.8 Å². The number of benzene rings is 2. The van der Waals surface area contributed by atoms with Crippen LogP contribution in [0.4, 0.5) is 18.9 Å². The molecule has 0 spiro atoms. The summed E-state index contributed by atoms with van der Waals surface area (Å²) in [5.74, 6) is -0.297. The Bertz CT molecular complexity index is 1230. The van der Waals surface area contributed by atoms with Crippen LogP contribution in [0.2, 0.25) is 0 Å². The van der Waals surface area contributed by atoms with Crippen molar-refractivity contribution in [3.05, 3.63) is 58.8 Å². The average Bonchev–Trinajstić information content (AvgIpc) is 2.94. The van der Waals surface area contributed by atoms with Gasteiger partial charge in [0, 0.05) is 23.2 Å². The first kappa shape index (κ1) is 25.2. The summed E-state index contributed by atoms with van der Waals surface area (Å²) in [5, 5.41) is 3.21. The number of rotatable bonds is 6. The summed E-state index contributed by atoms with van der Waals surface area (Å²) in [4.78, 5) is 15.4.